The summed E-state index contributed by atoms with van der Waals surface area (Å²) in [6, 6.07) is 9.49. The Labute approximate surface area is 241 Å². The molecule has 8 atom stereocenters. The first kappa shape index (κ1) is 28.2. The summed E-state index contributed by atoms with van der Waals surface area (Å²) in [7, 11) is 0. The van der Waals surface area contributed by atoms with E-state index in [4.69, 9.17) is 0 Å². The molecule has 4 fully saturated rings. The predicted molar refractivity (Wildman–Crippen MR) is 160 cm³/mol. The number of hydrogen-bond acceptors (Lipinski definition) is 3. The third-order valence-corrected chi connectivity index (χ3v) is 13.8. The minimum atomic E-state index is -0.560. The van der Waals surface area contributed by atoms with Crippen LogP contribution in [0, 0.1) is 45.3 Å². The van der Waals surface area contributed by atoms with Crippen molar-refractivity contribution in [1.82, 2.24) is 5.32 Å². The molecular formula is C36H51NO3. The number of Topliss-reactive ketones (excluding diaryl/α,β-unsaturated/α-hetero) is 1. The Hall–Kier alpha value is -1.94. The molecule has 0 spiro atoms. The van der Waals surface area contributed by atoms with E-state index < -0.39 is 5.54 Å². The maximum atomic E-state index is 13.8. The van der Waals surface area contributed by atoms with Gasteiger partial charge in [0.15, 0.2) is 5.78 Å². The summed E-state index contributed by atoms with van der Waals surface area (Å²) in [5.74, 6) is 1.79. The summed E-state index contributed by atoms with van der Waals surface area (Å²) in [5.41, 5.74) is 2.81. The summed E-state index contributed by atoms with van der Waals surface area (Å²) < 4.78 is 0. The first-order valence-corrected chi connectivity index (χ1v) is 16.0. The van der Waals surface area contributed by atoms with Crippen molar-refractivity contribution < 1.29 is 14.7 Å². The molecule has 0 unspecified atom stereocenters. The van der Waals surface area contributed by atoms with E-state index in [-0.39, 0.29) is 45.4 Å². The van der Waals surface area contributed by atoms with Crippen LogP contribution in [0.25, 0.3) is 0 Å². The number of carbonyl (C=O) groups is 2. The molecule has 4 nitrogen and oxygen atoms in total. The van der Waals surface area contributed by atoms with Crippen molar-refractivity contribution in [3.8, 4) is 0 Å². The lowest BCUT2D eigenvalue weighted by Crippen LogP contribution is -2.67. The van der Waals surface area contributed by atoms with Gasteiger partial charge in [-0.2, -0.15) is 0 Å². The molecular weight excluding hydrogens is 494 g/mol. The van der Waals surface area contributed by atoms with Crippen molar-refractivity contribution >= 4 is 11.7 Å². The van der Waals surface area contributed by atoms with E-state index in [0.717, 1.165) is 37.7 Å². The molecule has 5 aliphatic carbocycles. The van der Waals surface area contributed by atoms with Crippen molar-refractivity contribution in [2.24, 2.45) is 45.3 Å². The van der Waals surface area contributed by atoms with Crippen molar-refractivity contribution in [3.05, 3.63) is 47.0 Å². The minimum Gasteiger partial charge on any atom is -0.393 e. The lowest BCUT2D eigenvalue weighted by Gasteiger charge is -2.72. The zero-order valence-corrected chi connectivity index (χ0v) is 25.9. The van der Waals surface area contributed by atoms with Crippen LogP contribution in [0.2, 0.25) is 0 Å². The maximum Gasteiger partial charge on any atom is 0.251 e. The highest BCUT2D eigenvalue weighted by molar-refractivity contribution is 6.03. The van der Waals surface area contributed by atoms with Crippen LogP contribution in [0.15, 0.2) is 41.5 Å². The van der Waals surface area contributed by atoms with Gasteiger partial charge >= 0.3 is 0 Å². The maximum absolute atomic E-state index is 13.8. The number of amides is 1. The van der Waals surface area contributed by atoms with Gasteiger partial charge in [0.25, 0.3) is 5.91 Å². The number of ketones is 1. The van der Waals surface area contributed by atoms with Crippen LogP contribution in [0.1, 0.15) is 117 Å². The quantitative estimate of drug-likeness (QED) is 0.413. The first-order valence-electron chi connectivity index (χ1n) is 16.0. The molecule has 0 bridgehead atoms. The highest BCUT2D eigenvalue weighted by atomic mass is 16.3. The summed E-state index contributed by atoms with van der Waals surface area (Å²) in [5, 5.41) is 14.5. The molecule has 0 heterocycles. The van der Waals surface area contributed by atoms with E-state index >= 15 is 0 Å². The van der Waals surface area contributed by atoms with Gasteiger partial charge in [0.05, 0.1) is 11.6 Å². The van der Waals surface area contributed by atoms with Gasteiger partial charge in [-0.25, -0.2) is 0 Å². The minimum absolute atomic E-state index is 0.0548. The normalized spacial score (nSPS) is 44.0. The number of aliphatic hydroxyl groups is 1. The van der Waals surface area contributed by atoms with E-state index in [9.17, 15) is 14.7 Å². The topological polar surface area (TPSA) is 66.4 Å². The summed E-state index contributed by atoms with van der Waals surface area (Å²) in [4.78, 5) is 27.3. The fraction of sp³-hybridized carbons (Fsp3) is 0.722. The number of nitrogens with one attached hydrogen (secondary N) is 1. The molecule has 0 radical (unpaired) electrons. The van der Waals surface area contributed by atoms with E-state index in [1.54, 1.807) is 0 Å². The number of aliphatic hydroxyl groups excluding tert-OH is 1. The van der Waals surface area contributed by atoms with Crippen LogP contribution in [0.3, 0.4) is 0 Å². The van der Waals surface area contributed by atoms with Crippen molar-refractivity contribution in [2.45, 2.75) is 118 Å². The standard InChI is InChI=1S/C36H51NO3/c1-22(2)29-25(38)21-36(37-31(40)23-11-9-8-10-12-23)20-19-34(6)24(30(29)36)13-14-27-33(5)17-16-28(39)32(3,4)26(33)15-18-35(27,34)7/h8-12,22,24,26-28,39H,13-21H2,1-7H3,(H,37,40)/t24-,26+,27-,28+,33+,34-,35-,36-/m1/s1. The zero-order chi connectivity index (χ0) is 28.9. The Kier molecular flexibility index (Phi) is 6.36. The Balaban J connectivity index is 1.41. The fourth-order valence-electron chi connectivity index (χ4n) is 11.6. The average Bonchev–Trinajstić information content (AvgIpc) is 3.19. The Bertz CT molecular complexity index is 1250. The van der Waals surface area contributed by atoms with Gasteiger partial charge in [0.2, 0.25) is 0 Å². The SMILES string of the molecule is CC(C)C1=C2[C@H]3CC[C@@H]4[C@@]5(C)CC[C@H](O)C(C)(C)[C@@H]5CC[C@@]4(C)[C@]3(C)CC[C@@]2(NC(=O)c2ccccc2)CC1=O. The van der Waals surface area contributed by atoms with Gasteiger partial charge < -0.3 is 10.4 Å². The van der Waals surface area contributed by atoms with Gasteiger partial charge in [0, 0.05) is 12.0 Å². The molecule has 0 aromatic heterocycles. The second-order valence-electron chi connectivity index (χ2n) is 16.0. The predicted octanol–water partition coefficient (Wildman–Crippen LogP) is 7.51. The van der Waals surface area contributed by atoms with Gasteiger partial charge in [0.1, 0.15) is 0 Å². The second-order valence-corrected chi connectivity index (χ2v) is 16.0. The molecule has 1 aromatic rings. The van der Waals surface area contributed by atoms with Crippen LogP contribution in [0.4, 0.5) is 0 Å². The molecule has 40 heavy (non-hydrogen) atoms. The Morgan fingerprint density at radius 1 is 0.875 bits per heavy atom. The van der Waals surface area contributed by atoms with Gasteiger partial charge in [-0.15, -0.1) is 0 Å². The second kappa shape index (κ2) is 9.03. The molecule has 0 saturated heterocycles. The fourth-order valence-corrected chi connectivity index (χ4v) is 11.6. The van der Waals surface area contributed by atoms with E-state index in [1.165, 1.54) is 24.8 Å². The number of hydrogen-bond donors (Lipinski definition) is 2. The summed E-state index contributed by atoms with van der Waals surface area (Å²) >= 11 is 0. The van der Waals surface area contributed by atoms with E-state index in [1.807, 2.05) is 30.3 Å². The molecule has 1 amide bonds. The molecule has 218 valence electrons. The summed E-state index contributed by atoms with van der Waals surface area (Å²) in [6.07, 6.45) is 8.69. The molecule has 2 N–H and O–H groups in total. The first-order chi connectivity index (χ1) is 18.7. The highest BCUT2D eigenvalue weighted by Gasteiger charge is 2.70. The lowest BCUT2D eigenvalue weighted by atomic mass is 9.33. The van der Waals surface area contributed by atoms with Gasteiger partial charge in [-0.3, -0.25) is 9.59 Å². The van der Waals surface area contributed by atoms with E-state index in [2.05, 4.69) is 53.8 Å². The van der Waals surface area contributed by atoms with Crippen LogP contribution >= 0.6 is 0 Å². The number of carbonyl (C=O) groups excluding carboxylic acids is 2. The largest absolute Gasteiger partial charge is 0.393 e. The van der Waals surface area contributed by atoms with Crippen molar-refractivity contribution in [3.63, 3.8) is 0 Å². The number of benzene rings is 1. The van der Waals surface area contributed by atoms with Crippen LogP contribution in [-0.4, -0.2) is 28.4 Å². The number of rotatable bonds is 3. The number of allylic oxidation sites excluding steroid dienone is 1. The monoisotopic (exact) mass is 545 g/mol. The zero-order valence-electron chi connectivity index (χ0n) is 25.9. The van der Waals surface area contributed by atoms with Gasteiger partial charge in [-0.05, 0) is 120 Å². The third-order valence-electron chi connectivity index (χ3n) is 13.8. The summed E-state index contributed by atoms with van der Waals surface area (Å²) in [6.45, 7) is 16.6. The van der Waals surface area contributed by atoms with Gasteiger partial charge in [-0.1, -0.05) is 66.7 Å². The Morgan fingerprint density at radius 3 is 2.25 bits per heavy atom. The van der Waals surface area contributed by atoms with Crippen molar-refractivity contribution in [2.75, 3.05) is 0 Å². The van der Waals surface area contributed by atoms with Crippen LogP contribution in [0.5, 0.6) is 0 Å². The third kappa shape index (κ3) is 3.59. The van der Waals surface area contributed by atoms with Crippen molar-refractivity contribution in [1.29, 1.82) is 0 Å². The lowest BCUT2D eigenvalue weighted by molar-refractivity contribution is -0.226. The average molecular weight is 546 g/mol. The number of fused-ring (bicyclic) bond motifs is 7. The van der Waals surface area contributed by atoms with Crippen LogP contribution < -0.4 is 5.32 Å². The highest BCUT2D eigenvalue weighted by Crippen LogP contribution is 2.75. The molecule has 0 aliphatic heterocycles. The van der Waals surface area contributed by atoms with E-state index in [0.29, 0.717) is 29.7 Å². The Morgan fingerprint density at radius 2 is 1.57 bits per heavy atom. The molecule has 5 aliphatic rings. The molecule has 6 rings (SSSR count). The molecule has 4 saturated carbocycles. The molecule has 4 heteroatoms. The molecule has 1 aromatic carbocycles. The van der Waals surface area contributed by atoms with Crippen LogP contribution in [-0.2, 0) is 4.79 Å². The smallest absolute Gasteiger partial charge is 0.251 e.